The maximum atomic E-state index is 12.3. The third kappa shape index (κ3) is 4.67. The number of nitrogens with one attached hydrogen (secondary N) is 2. The molecular formula is C20H22N2O3S. The maximum absolute atomic E-state index is 12.3. The standard InChI is InChI=1S/C20H22N2O3S/c1-12-15(18(24)25)6-5-7-16(12)21-19(26)22-17(23)13-8-10-14(11-9-13)20(2,3)4/h5-11H,1-4H3,(H,24,25)(H2,21,22,23,26). The van der Waals surface area contributed by atoms with Crippen LogP contribution in [0.3, 0.4) is 0 Å². The van der Waals surface area contributed by atoms with Gasteiger partial charge < -0.3 is 10.4 Å². The zero-order valence-electron chi connectivity index (χ0n) is 15.2. The highest BCUT2D eigenvalue weighted by Crippen LogP contribution is 2.22. The molecule has 0 saturated heterocycles. The molecule has 0 aliphatic rings. The van der Waals surface area contributed by atoms with Crippen molar-refractivity contribution in [2.45, 2.75) is 33.1 Å². The molecule has 3 N–H and O–H groups in total. The number of benzene rings is 2. The Labute approximate surface area is 158 Å². The molecule has 0 heterocycles. The minimum atomic E-state index is -1.01. The fraction of sp³-hybridized carbons (Fsp3) is 0.250. The monoisotopic (exact) mass is 370 g/mol. The first kappa shape index (κ1) is 19.6. The average molecular weight is 370 g/mol. The Balaban J connectivity index is 2.07. The summed E-state index contributed by atoms with van der Waals surface area (Å²) in [6.07, 6.45) is 0. The number of rotatable bonds is 3. The highest BCUT2D eigenvalue weighted by Gasteiger charge is 2.15. The van der Waals surface area contributed by atoms with Gasteiger partial charge in [0.15, 0.2) is 5.11 Å². The van der Waals surface area contributed by atoms with Crippen LogP contribution in [-0.2, 0) is 5.41 Å². The number of carbonyl (C=O) groups is 2. The molecule has 2 rings (SSSR count). The predicted octanol–water partition coefficient (Wildman–Crippen LogP) is 4.12. The Morgan fingerprint density at radius 1 is 1.04 bits per heavy atom. The van der Waals surface area contributed by atoms with E-state index in [9.17, 15) is 9.59 Å². The molecular weight excluding hydrogens is 348 g/mol. The molecule has 5 nitrogen and oxygen atoms in total. The molecule has 0 aromatic heterocycles. The van der Waals surface area contributed by atoms with Gasteiger partial charge in [-0.25, -0.2) is 4.79 Å². The lowest BCUT2D eigenvalue weighted by Gasteiger charge is -2.19. The van der Waals surface area contributed by atoms with Crippen molar-refractivity contribution in [1.82, 2.24) is 5.32 Å². The van der Waals surface area contributed by atoms with E-state index in [1.807, 2.05) is 12.1 Å². The summed E-state index contributed by atoms with van der Waals surface area (Å²) in [7, 11) is 0. The summed E-state index contributed by atoms with van der Waals surface area (Å²) in [5.41, 5.74) is 2.92. The van der Waals surface area contributed by atoms with E-state index < -0.39 is 5.97 Å². The molecule has 0 bridgehead atoms. The third-order valence-corrected chi connectivity index (χ3v) is 4.26. The van der Waals surface area contributed by atoms with Crippen molar-refractivity contribution in [3.05, 3.63) is 64.7 Å². The predicted molar refractivity (Wildman–Crippen MR) is 107 cm³/mol. The molecule has 1 amide bonds. The van der Waals surface area contributed by atoms with E-state index >= 15 is 0 Å². The normalized spacial score (nSPS) is 10.9. The number of carbonyl (C=O) groups excluding carboxylic acids is 1. The van der Waals surface area contributed by atoms with Crippen LogP contribution >= 0.6 is 12.2 Å². The number of aromatic carboxylic acids is 1. The van der Waals surface area contributed by atoms with Gasteiger partial charge in [-0.15, -0.1) is 0 Å². The summed E-state index contributed by atoms with van der Waals surface area (Å²) in [6.45, 7) is 8.00. The lowest BCUT2D eigenvalue weighted by atomic mass is 9.87. The molecule has 0 radical (unpaired) electrons. The van der Waals surface area contributed by atoms with Gasteiger partial charge in [0.25, 0.3) is 5.91 Å². The number of thiocarbonyl (C=S) groups is 1. The first-order chi connectivity index (χ1) is 12.1. The molecule has 136 valence electrons. The SMILES string of the molecule is Cc1c(NC(=S)NC(=O)c2ccc(C(C)(C)C)cc2)cccc1C(=O)O. The number of carboxylic acids is 1. The van der Waals surface area contributed by atoms with E-state index in [1.165, 1.54) is 6.07 Å². The molecule has 0 spiro atoms. The Hall–Kier alpha value is -2.73. The van der Waals surface area contributed by atoms with Crippen LogP contribution in [0, 0.1) is 6.92 Å². The summed E-state index contributed by atoms with van der Waals surface area (Å²) in [4.78, 5) is 23.5. The first-order valence-corrected chi connectivity index (χ1v) is 8.56. The number of hydrogen-bond donors (Lipinski definition) is 3. The van der Waals surface area contributed by atoms with Crippen molar-refractivity contribution in [2.24, 2.45) is 0 Å². The van der Waals surface area contributed by atoms with Crippen molar-refractivity contribution in [1.29, 1.82) is 0 Å². The highest BCUT2D eigenvalue weighted by atomic mass is 32.1. The van der Waals surface area contributed by atoms with Crippen molar-refractivity contribution in [3.63, 3.8) is 0 Å². The van der Waals surface area contributed by atoms with Crippen molar-refractivity contribution < 1.29 is 14.7 Å². The number of amides is 1. The molecule has 0 saturated carbocycles. The number of carboxylic acid groups (broad SMARTS) is 1. The zero-order valence-corrected chi connectivity index (χ0v) is 16.0. The van der Waals surface area contributed by atoms with Crippen LogP contribution in [0.5, 0.6) is 0 Å². The van der Waals surface area contributed by atoms with Gasteiger partial charge in [0, 0.05) is 11.3 Å². The van der Waals surface area contributed by atoms with Gasteiger partial charge in [0.1, 0.15) is 0 Å². The van der Waals surface area contributed by atoms with Crippen molar-refractivity contribution >= 4 is 34.9 Å². The minimum absolute atomic E-state index is 0.0124. The molecule has 0 aliphatic carbocycles. The Morgan fingerprint density at radius 3 is 2.19 bits per heavy atom. The van der Waals surface area contributed by atoms with E-state index in [-0.39, 0.29) is 22.0 Å². The number of hydrogen-bond acceptors (Lipinski definition) is 3. The molecule has 0 fully saturated rings. The van der Waals surface area contributed by atoms with Gasteiger partial charge >= 0.3 is 5.97 Å². The lowest BCUT2D eigenvalue weighted by molar-refractivity contribution is 0.0696. The smallest absolute Gasteiger partial charge is 0.336 e. The third-order valence-electron chi connectivity index (χ3n) is 4.05. The minimum Gasteiger partial charge on any atom is -0.478 e. The Kier molecular flexibility index (Phi) is 5.77. The Bertz CT molecular complexity index is 852. The van der Waals surface area contributed by atoms with Gasteiger partial charge in [0.2, 0.25) is 0 Å². The second-order valence-corrected chi connectivity index (χ2v) is 7.43. The fourth-order valence-corrected chi connectivity index (χ4v) is 2.66. The highest BCUT2D eigenvalue weighted by molar-refractivity contribution is 7.80. The quantitative estimate of drug-likeness (QED) is 0.709. The van der Waals surface area contributed by atoms with Gasteiger partial charge in [-0.2, -0.15) is 0 Å². The van der Waals surface area contributed by atoms with Crippen LogP contribution in [0.15, 0.2) is 42.5 Å². The first-order valence-electron chi connectivity index (χ1n) is 8.15. The second-order valence-electron chi connectivity index (χ2n) is 7.02. The van der Waals surface area contributed by atoms with Crippen molar-refractivity contribution in [2.75, 3.05) is 5.32 Å². The summed E-state index contributed by atoms with van der Waals surface area (Å²) in [6, 6.07) is 12.2. The zero-order chi connectivity index (χ0) is 19.5. The molecule has 2 aromatic carbocycles. The van der Waals surface area contributed by atoms with Gasteiger partial charge in [-0.1, -0.05) is 39.0 Å². The second kappa shape index (κ2) is 7.66. The van der Waals surface area contributed by atoms with E-state index in [1.54, 1.807) is 31.2 Å². The van der Waals surface area contributed by atoms with E-state index in [2.05, 4.69) is 31.4 Å². The molecule has 0 aliphatic heterocycles. The number of anilines is 1. The molecule has 2 aromatic rings. The summed E-state index contributed by atoms with van der Waals surface area (Å²) >= 11 is 5.18. The summed E-state index contributed by atoms with van der Waals surface area (Å²) < 4.78 is 0. The molecule has 0 atom stereocenters. The van der Waals surface area contributed by atoms with E-state index in [4.69, 9.17) is 17.3 Å². The van der Waals surface area contributed by atoms with E-state index in [0.717, 1.165) is 5.56 Å². The van der Waals surface area contributed by atoms with Gasteiger partial charge in [-0.05, 0) is 59.9 Å². The van der Waals surface area contributed by atoms with Crippen LogP contribution < -0.4 is 10.6 Å². The lowest BCUT2D eigenvalue weighted by Crippen LogP contribution is -2.34. The summed E-state index contributed by atoms with van der Waals surface area (Å²) in [5, 5.41) is 14.8. The van der Waals surface area contributed by atoms with Gasteiger partial charge in [0.05, 0.1) is 5.56 Å². The maximum Gasteiger partial charge on any atom is 0.336 e. The Morgan fingerprint density at radius 2 is 1.65 bits per heavy atom. The fourth-order valence-electron chi connectivity index (χ4n) is 2.45. The largest absolute Gasteiger partial charge is 0.478 e. The van der Waals surface area contributed by atoms with Crippen LogP contribution in [0.4, 0.5) is 5.69 Å². The summed E-state index contributed by atoms with van der Waals surface area (Å²) in [5.74, 6) is -1.34. The average Bonchev–Trinajstić information content (AvgIpc) is 2.55. The topological polar surface area (TPSA) is 78.4 Å². The van der Waals surface area contributed by atoms with Crippen LogP contribution in [-0.4, -0.2) is 22.1 Å². The van der Waals surface area contributed by atoms with Gasteiger partial charge in [-0.3, -0.25) is 10.1 Å². The molecule has 26 heavy (non-hydrogen) atoms. The molecule has 0 unspecified atom stereocenters. The molecule has 6 heteroatoms. The van der Waals surface area contributed by atoms with Crippen LogP contribution in [0.1, 0.15) is 52.6 Å². The van der Waals surface area contributed by atoms with Crippen LogP contribution in [0.2, 0.25) is 0 Å². The van der Waals surface area contributed by atoms with Crippen LogP contribution in [0.25, 0.3) is 0 Å². The van der Waals surface area contributed by atoms with E-state index in [0.29, 0.717) is 16.8 Å². The van der Waals surface area contributed by atoms with Crippen molar-refractivity contribution in [3.8, 4) is 0 Å².